The van der Waals surface area contributed by atoms with Crippen molar-refractivity contribution in [1.82, 2.24) is 23.7 Å². The molecule has 0 amide bonds. The number of allylic oxidation sites excluding steroid dienone is 2. The van der Waals surface area contributed by atoms with Crippen LogP contribution in [0.1, 0.15) is 32.4 Å². The zero-order valence-corrected chi connectivity index (χ0v) is 21.8. The minimum atomic E-state index is -0.437. The lowest BCUT2D eigenvalue weighted by Gasteiger charge is -2.31. The van der Waals surface area contributed by atoms with Gasteiger partial charge in [0, 0.05) is 49.7 Å². The third-order valence-corrected chi connectivity index (χ3v) is 7.01. The molecule has 37 heavy (non-hydrogen) atoms. The normalized spacial score (nSPS) is 15.9. The maximum Gasteiger partial charge on any atom is 0.332 e. The van der Waals surface area contributed by atoms with Gasteiger partial charge in [-0.2, -0.15) is 4.98 Å². The van der Waals surface area contributed by atoms with E-state index < -0.39 is 5.69 Å². The molecule has 0 radical (unpaired) electrons. The molecule has 0 aliphatic carbocycles. The van der Waals surface area contributed by atoms with E-state index in [1.54, 1.807) is 20.4 Å². The molecular weight excluding hydrogens is 470 g/mol. The predicted molar refractivity (Wildman–Crippen MR) is 145 cm³/mol. The molecule has 194 valence electrons. The van der Waals surface area contributed by atoms with Gasteiger partial charge in [0.1, 0.15) is 5.75 Å². The van der Waals surface area contributed by atoms with Gasteiger partial charge in [-0.05, 0) is 38.8 Å². The topological polar surface area (TPSA) is 113 Å². The Labute approximate surface area is 214 Å². The average molecular weight is 504 g/mol. The monoisotopic (exact) mass is 503 g/mol. The molecule has 0 spiro atoms. The van der Waals surface area contributed by atoms with Crippen molar-refractivity contribution in [3.63, 3.8) is 0 Å². The van der Waals surface area contributed by atoms with E-state index in [0.717, 1.165) is 35.7 Å². The smallest absolute Gasteiger partial charge is 0.332 e. The van der Waals surface area contributed by atoms with Gasteiger partial charge in [0.15, 0.2) is 11.2 Å². The van der Waals surface area contributed by atoms with Gasteiger partial charge in [-0.1, -0.05) is 23.8 Å². The summed E-state index contributed by atoms with van der Waals surface area (Å²) in [5, 5.41) is 1.70. The lowest BCUT2D eigenvalue weighted by atomic mass is 10.1. The van der Waals surface area contributed by atoms with Gasteiger partial charge in [-0.3, -0.25) is 18.9 Å². The van der Waals surface area contributed by atoms with Crippen molar-refractivity contribution in [3.8, 4) is 5.75 Å². The van der Waals surface area contributed by atoms with Crippen molar-refractivity contribution >= 4 is 27.9 Å². The fourth-order valence-electron chi connectivity index (χ4n) is 5.07. The number of nitrogens with two attached hydrogens (primary N) is 1. The lowest BCUT2D eigenvalue weighted by Crippen LogP contribution is -2.44. The van der Waals surface area contributed by atoms with Crippen molar-refractivity contribution in [2.45, 2.75) is 45.8 Å². The largest absolute Gasteiger partial charge is 0.496 e. The van der Waals surface area contributed by atoms with Crippen molar-refractivity contribution in [3.05, 3.63) is 68.6 Å². The van der Waals surface area contributed by atoms with E-state index in [1.165, 1.54) is 9.13 Å². The standard InChI is InChI=1S/C27H33N7O3/c1-17(2)11-14-33-23-24(30-26(33)32-13-6-7-18(28)15-32)31(3)27(36)34(25(23)35)16-21-19-8-5-9-22(37-4)20(19)10-12-29-21/h5,8-12,18H,6-7,13-16,28H2,1-4H3. The highest BCUT2D eigenvalue weighted by Gasteiger charge is 2.26. The first-order valence-electron chi connectivity index (χ1n) is 12.5. The summed E-state index contributed by atoms with van der Waals surface area (Å²) < 4.78 is 10.1. The van der Waals surface area contributed by atoms with E-state index >= 15 is 0 Å². The number of anilines is 1. The van der Waals surface area contributed by atoms with Gasteiger partial charge in [-0.15, -0.1) is 0 Å². The Kier molecular flexibility index (Phi) is 6.59. The van der Waals surface area contributed by atoms with Crippen LogP contribution in [0, 0.1) is 0 Å². The Morgan fingerprint density at radius 3 is 2.73 bits per heavy atom. The van der Waals surface area contributed by atoms with Gasteiger partial charge >= 0.3 is 5.69 Å². The van der Waals surface area contributed by atoms with Crippen LogP contribution in [0.4, 0.5) is 5.95 Å². The molecule has 1 aliphatic heterocycles. The first-order chi connectivity index (χ1) is 17.8. The van der Waals surface area contributed by atoms with Crippen LogP contribution in [0.15, 0.2) is 51.7 Å². The highest BCUT2D eigenvalue weighted by Crippen LogP contribution is 2.27. The van der Waals surface area contributed by atoms with Gasteiger partial charge in [-0.25, -0.2) is 4.79 Å². The summed E-state index contributed by atoms with van der Waals surface area (Å²) in [7, 11) is 3.27. The Morgan fingerprint density at radius 1 is 1.19 bits per heavy atom. The maximum absolute atomic E-state index is 14.0. The summed E-state index contributed by atoms with van der Waals surface area (Å²) in [5.74, 6) is 1.38. The van der Waals surface area contributed by atoms with Crippen LogP contribution in [-0.4, -0.2) is 49.9 Å². The number of nitrogens with zero attached hydrogens (tertiary/aromatic N) is 6. The highest BCUT2D eigenvalue weighted by atomic mass is 16.5. The van der Waals surface area contributed by atoms with E-state index in [4.69, 9.17) is 15.5 Å². The minimum absolute atomic E-state index is 0.0314. The molecule has 3 aromatic heterocycles. The summed E-state index contributed by atoms with van der Waals surface area (Å²) in [6.07, 6.45) is 5.64. The third-order valence-electron chi connectivity index (χ3n) is 7.01. The van der Waals surface area contributed by atoms with Crippen molar-refractivity contribution in [2.75, 3.05) is 25.1 Å². The van der Waals surface area contributed by atoms with Crippen LogP contribution in [0.3, 0.4) is 0 Å². The molecule has 1 fully saturated rings. The van der Waals surface area contributed by atoms with Gasteiger partial charge in [0.05, 0.1) is 19.3 Å². The first-order valence-corrected chi connectivity index (χ1v) is 12.5. The van der Waals surface area contributed by atoms with E-state index in [0.29, 0.717) is 41.6 Å². The second-order valence-corrected chi connectivity index (χ2v) is 9.87. The van der Waals surface area contributed by atoms with Crippen LogP contribution in [-0.2, 0) is 20.1 Å². The molecule has 4 aromatic rings. The van der Waals surface area contributed by atoms with E-state index in [9.17, 15) is 9.59 Å². The molecule has 4 heterocycles. The first kappa shape index (κ1) is 24.8. The van der Waals surface area contributed by atoms with Gasteiger partial charge < -0.3 is 19.9 Å². The van der Waals surface area contributed by atoms with Gasteiger partial charge in [0.25, 0.3) is 5.56 Å². The van der Waals surface area contributed by atoms with Gasteiger partial charge in [0.2, 0.25) is 5.95 Å². The van der Waals surface area contributed by atoms with Crippen LogP contribution in [0.5, 0.6) is 5.75 Å². The predicted octanol–water partition coefficient (Wildman–Crippen LogP) is 2.40. The van der Waals surface area contributed by atoms with Crippen molar-refractivity contribution in [2.24, 2.45) is 12.8 Å². The maximum atomic E-state index is 14.0. The number of imidazole rings is 1. The molecule has 10 nitrogen and oxygen atoms in total. The molecule has 1 aliphatic rings. The summed E-state index contributed by atoms with van der Waals surface area (Å²) in [4.78, 5) is 38.9. The number of rotatable bonds is 6. The summed E-state index contributed by atoms with van der Waals surface area (Å²) >= 11 is 0. The number of aromatic nitrogens is 5. The Morgan fingerprint density at radius 2 is 2.00 bits per heavy atom. The molecule has 1 aromatic carbocycles. The number of hydrogen-bond acceptors (Lipinski definition) is 7. The number of ether oxygens (including phenoxy) is 1. The van der Waals surface area contributed by atoms with E-state index in [1.807, 2.05) is 42.7 Å². The fraction of sp³-hybridized carbons (Fsp3) is 0.407. The summed E-state index contributed by atoms with van der Waals surface area (Å²) in [6.45, 7) is 5.99. The molecule has 10 heteroatoms. The Balaban J connectivity index is 1.71. The van der Waals surface area contributed by atoms with Crippen molar-refractivity contribution in [1.29, 1.82) is 0 Å². The highest BCUT2D eigenvalue weighted by molar-refractivity contribution is 5.89. The Bertz CT molecular complexity index is 1630. The molecule has 5 rings (SSSR count). The van der Waals surface area contributed by atoms with Crippen molar-refractivity contribution < 1.29 is 4.74 Å². The number of fused-ring (bicyclic) bond motifs is 2. The molecule has 1 unspecified atom stereocenters. The molecule has 1 saturated heterocycles. The van der Waals surface area contributed by atoms with Crippen LogP contribution >= 0.6 is 0 Å². The number of pyridine rings is 1. The number of aryl methyl sites for hydroxylation is 1. The number of benzene rings is 1. The zero-order valence-electron chi connectivity index (χ0n) is 21.8. The summed E-state index contributed by atoms with van der Waals surface area (Å²) in [6, 6.07) is 7.58. The average Bonchev–Trinajstić information content (AvgIpc) is 3.28. The molecule has 0 saturated carbocycles. The number of piperidine rings is 1. The SMILES string of the molecule is COc1cccc2c(Cn3c(=O)c4c(nc(N5CCCC(N)C5)n4CC=C(C)C)n(C)c3=O)nccc12. The lowest BCUT2D eigenvalue weighted by molar-refractivity contribution is 0.420. The molecule has 1 atom stereocenters. The third kappa shape index (κ3) is 4.42. The minimum Gasteiger partial charge on any atom is -0.496 e. The Hall–Kier alpha value is -3.92. The second-order valence-electron chi connectivity index (χ2n) is 9.87. The van der Waals surface area contributed by atoms with E-state index in [-0.39, 0.29) is 18.1 Å². The molecule has 0 bridgehead atoms. The van der Waals surface area contributed by atoms with Crippen LogP contribution in [0.2, 0.25) is 0 Å². The number of hydrogen-bond donors (Lipinski definition) is 1. The second kappa shape index (κ2) is 9.85. The quantitative estimate of drug-likeness (QED) is 0.402. The number of methoxy groups -OCH3 is 1. The van der Waals surface area contributed by atoms with E-state index in [2.05, 4.69) is 16.0 Å². The fourth-order valence-corrected chi connectivity index (χ4v) is 5.07. The van der Waals surface area contributed by atoms with Crippen LogP contribution < -0.4 is 26.6 Å². The summed E-state index contributed by atoms with van der Waals surface area (Å²) in [5.41, 5.74) is 7.95. The molecular formula is C27H33N7O3. The molecule has 2 N–H and O–H groups in total. The zero-order chi connectivity index (χ0) is 26.3. The van der Waals surface area contributed by atoms with Crippen LogP contribution in [0.25, 0.3) is 21.9 Å².